The second-order valence-corrected chi connectivity index (χ2v) is 5.40. The number of hydrogen-bond donors (Lipinski definition) is 2. The van der Waals surface area contributed by atoms with Crippen LogP contribution in [0, 0.1) is 17.6 Å². The van der Waals surface area contributed by atoms with Crippen LogP contribution in [0.2, 0.25) is 0 Å². The van der Waals surface area contributed by atoms with Gasteiger partial charge in [0.2, 0.25) is 5.91 Å². The first-order chi connectivity index (χ1) is 10.9. The summed E-state index contributed by atoms with van der Waals surface area (Å²) in [6.45, 7) is -0.295. The van der Waals surface area contributed by atoms with E-state index in [1.54, 1.807) is 0 Å². The molecule has 1 aromatic carbocycles. The molecule has 1 aromatic heterocycles. The van der Waals surface area contributed by atoms with Crippen molar-refractivity contribution in [2.24, 2.45) is 5.92 Å². The molecule has 1 aliphatic rings. The third kappa shape index (κ3) is 3.36. The van der Waals surface area contributed by atoms with Crippen LogP contribution in [0.25, 0.3) is 0 Å². The van der Waals surface area contributed by atoms with Gasteiger partial charge >= 0.3 is 5.97 Å². The van der Waals surface area contributed by atoms with E-state index < -0.39 is 17.6 Å². The Labute approximate surface area is 129 Å². The van der Waals surface area contributed by atoms with Gasteiger partial charge in [0.15, 0.2) is 17.5 Å². The zero-order valence-electron chi connectivity index (χ0n) is 11.9. The Morgan fingerprint density at radius 3 is 2.78 bits per heavy atom. The zero-order chi connectivity index (χ0) is 16.6. The van der Waals surface area contributed by atoms with Gasteiger partial charge in [0.1, 0.15) is 6.54 Å². The minimum absolute atomic E-state index is 0.147. The molecule has 0 aliphatic heterocycles. The molecule has 1 amide bonds. The Morgan fingerprint density at radius 1 is 1.30 bits per heavy atom. The number of carbonyl (C=O) groups excluding carboxylic acids is 1. The Balaban J connectivity index is 1.60. The molecule has 1 heterocycles. The lowest BCUT2D eigenvalue weighted by Gasteiger charge is -2.03. The number of nitrogens with zero attached hydrogens (tertiary/aromatic N) is 2. The summed E-state index contributed by atoms with van der Waals surface area (Å²) in [6.07, 6.45) is 2.00. The van der Waals surface area contributed by atoms with Crippen molar-refractivity contribution in [3.05, 3.63) is 47.7 Å². The molecule has 2 N–H and O–H groups in total. The van der Waals surface area contributed by atoms with Crippen molar-refractivity contribution in [1.82, 2.24) is 9.78 Å². The maximum absolute atomic E-state index is 13.2. The molecule has 6 nitrogen and oxygen atoms in total. The van der Waals surface area contributed by atoms with E-state index in [-0.39, 0.29) is 30.1 Å². The second kappa shape index (κ2) is 5.79. The lowest BCUT2D eigenvalue weighted by Crippen LogP contribution is -2.16. The lowest BCUT2D eigenvalue weighted by molar-refractivity contribution is -0.137. The normalized spacial score (nSPS) is 19.4. The largest absolute Gasteiger partial charge is 0.480 e. The molecule has 0 bridgehead atoms. The minimum Gasteiger partial charge on any atom is -0.480 e. The maximum Gasteiger partial charge on any atom is 0.325 e. The van der Waals surface area contributed by atoms with Gasteiger partial charge in [-0.2, -0.15) is 5.10 Å². The summed E-state index contributed by atoms with van der Waals surface area (Å²) in [7, 11) is 0. The number of rotatable bonds is 5. The fourth-order valence-corrected chi connectivity index (χ4v) is 2.47. The first-order valence-electron chi connectivity index (χ1n) is 6.95. The Kier molecular flexibility index (Phi) is 3.81. The smallest absolute Gasteiger partial charge is 0.325 e. The minimum atomic E-state index is -1.04. The first kappa shape index (κ1) is 15.1. The number of carboxylic acids is 1. The quantitative estimate of drug-likeness (QED) is 0.882. The van der Waals surface area contributed by atoms with E-state index in [0.717, 1.165) is 12.1 Å². The van der Waals surface area contributed by atoms with Crippen molar-refractivity contribution in [2.75, 3.05) is 5.32 Å². The number of benzene rings is 1. The molecule has 1 aliphatic carbocycles. The van der Waals surface area contributed by atoms with Crippen LogP contribution in [0.1, 0.15) is 17.9 Å². The average Bonchev–Trinajstić information content (AvgIpc) is 3.17. The fourth-order valence-electron chi connectivity index (χ4n) is 2.47. The highest BCUT2D eigenvalue weighted by Crippen LogP contribution is 2.48. The summed E-state index contributed by atoms with van der Waals surface area (Å²) in [6, 6.07) is 5.12. The Morgan fingerprint density at radius 2 is 2.09 bits per heavy atom. The van der Waals surface area contributed by atoms with Crippen LogP contribution < -0.4 is 5.32 Å². The number of carboxylic acid groups (broad SMARTS) is 1. The number of halogens is 2. The molecule has 2 atom stereocenters. The van der Waals surface area contributed by atoms with Gasteiger partial charge in [0.25, 0.3) is 0 Å². The van der Waals surface area contributed by atoms with E-state index in [1.807, 2.05) is 0 Å². The predicted molar refractivity (Wildman–Crippen MR) is 75.7 cm³/mol. The Hall–Kier alpha value is -2.77. The summed E-state index contributed by atoms with van der Waals surface area (Å²) in [5.74, 6) is -3.38. The number of anilines is 1. The summed E-state index contributed by atoms with van der Waals surface area (Å²) < 4.78 is 27.3. The van der Waals surface area contributed by atoms with Gasteiger partial charge in [-0.3, -0.25) is 14.3 Å². The van der Waals surface area contributed by atoms with Gasteiger partial charge in [-0.05, 0) is 30.0 Å². The summed E-state index contributed by atoms with van der Waals surface area (Å²) in [4.78, 5) is 22.7. The molecule has 0 saturated heterocycles. The van der Waals surface area contributed by atoms with Crippen molar-refractivity contribution in [2.45, 2.75) is 18.9 Å². The lowest BCUT2D eigenvalue weighted by atomic mass is 10.1. The second-order valence-electron chi connectivity index (χ2n) is 5.40. The molecular formula is C15H13F2N3O3. The maximum atomic E-state index is 13.2. The van der Waals surface area contributed by atoms with Gasteiger partial charge in [-0.15, -0.1) is 0 Å². The molecule has 1 saturated carbocycles. The number of carbonyl (C=O) groups is 2. The van der Waals surface area contributed by atoms with Crippen molar-refractivity contribution in [3.63, 3.8) is 0 Å². The monoisotopic (exact) mass is 321 g/mol. The third-order valence-corrected chi connectivity index (χ3v) is 3.69. The number of aromatic nitrogens is 2. The average molecular weight is 321 g/mol. The fraction of sp³-hybridized carbons (Fsp3) is 0.267. The van der Waals surface area contributed by atoms with Gasteiger partial charge < -0.3 is 10.4 Å². The van der Waals surface area contributed by atoms with E-state index in [1.165, 1.54) is 23.0 Å². The summed E-state index contributed by atoms with van der Waals surface area (Å²) >= 11 is 0. The summed E-state index contributed by atoms with van der Waals surface area (Å²) in [5.41, 5.74) is 0.584. The van der Waals surface area contributed by atoms with Crippen LogP contribution >= 0.6 is 0 Å². The number of amides is 1. The molecule has 2 aromatic rings. The number of aliphatic carboxylic acids is 1. The zero-order valence-corrected chi connectivity index (χ0v) is 11.9. The molecule has 120 valence electrons. The van der Waals surface area contributed by atoms with Crippen LogP contribution in [0.15, 0.2) is 30.5 Å². The molecule has 0 spiro atoms. The molecule has 23 heavy (non-hydrogen) atoms. The summed E-state index contributed by atoms with van der Waals surface area (Å²) in [5, 5.41) is 15.2. The molecule has 8 heteroatoms. The first-order valence-corrected chi connectivity index (χ1v) is 6.95. The van der Waals surface area contributed by atoms with Crippen molar-refractivity contribution < 1.29 is 23.5 Å². The number of hydrogen-bond acceptors (Lipinski definition) is 3. The van der Waals surface area contributed by atoms with E-state index in [0.29, 0.717) is 12.0 Å². The van der Waals surface area contributed by atoms with Gasteiger partial charge in [-0.25, -0.2) is 8.78 Å². The van der Waals surface area contributed by atoms with Crippen molar-refractivity contribution in [3.8, 4) is 0 Å². The topological polar surface area (TPSA) is 84.2 Å². The van der Waals surface area contributed by atoms with Gasteiger partial charge in [-0.1, -0.05) is 6.07 Å². The Bertz CT molecular complexity index is 775. The van der Waals surface area contributed by atoms with Gasteiger partial charge in [0.05, 0.1) is 0 Å². The van der Waals surface area contributed by atoms with Crippen LogP contribution in [-0.2, 0) is 16.1 Å². The number of nitrogens with one attached hydrogen (secondary N) is 1. The standard InChI is InChI=1S/C15H13F2N3O3/c16-11-2-1-8(5-12(11)17)9-6-10(9)15(23)18-13-3-4-20(19-13)7-14(21)22/h1-5,9-10H,6-7H2,(H,21,22)(H,18,19,23). The van der Waals surface area contributed by atoms with Crippen LogP contribution in [0.5, 0.6) is 0 Å². The highest BCUT2D eigenvalue weighted by molar-refractivity contribution is 5.94. The molecule has 1 fully saturated rings. The highest BCUT2D eigenvalue weighted by atomic mass is 19.2. The van der Waals surface area contributed by atoms with Gasteiger partial charge in [0, 0.05) is 18.2 Å². The van der Waals surface area contributed by atoms with Crippen molar-refractivity contribution >= 4 is 17.7 Å². The van der Waals surface area contributed by atoms with E-state index in [4.69, 9.17) is 5.11 Å². The van der Waals surface area contributed by atoms with E-state index in [2.05, 4.69) is 10.4 Å². The van der Waals surface area contributed by atoms with Crippen LogP contribution in [0.3, 0.4) is 0 Å². The van der Waals surface area contributed by atoms with E-state index in [9.17, 15) is 18.4 Å². The van der Waals surface area contributed by atoms with Crippen LogP contribution in [-0.4, -0.2) is 26.8 Å². The van der Waals surface area contributed by atoms with Crippen LogP contribution in [0.4, 0.5) is 14.6 Å². The van der Waals surface area contributed by atoms with Crippen molar-refractivity contribution in [1.29, 1.82) is 0 Å². The molecule has 0 radical (unpaired) electrons. The third-order valence-electron chi connectivity index (χ3n) is 3.69. The SMILES string of the molecule is O=C(O)Cn1ccc(NC(=O)C2CC2c2ccc(F)c(F)c2)n1. The highest BCUT2D eigenvalue weighted by Gasteiger charge is 2.44. The molecule has 3 rings (SSSR count). The molecular weight excluding hydrogens is 308 g/mol. The van der Waals surface area contributed by atoms with E-state index >= 15 is 0 Å². The molecule has 2 unspecified atom stereocenters. The predicted octanol–water partition coefficient (Wildman–Crippen LogP) is 1.99.